The minimum absolute atomic E-state index is 0.296. The first-order valence-corrected chi connectivity index (χ1v) is 16.0. The van der Waals surface area contributed by atoms with E-state index >= 15 is 0 Å². The largest absolute Gasteiger partial charge is 0.416 e. The molecule has 36 heavy (non-hydrogen) atoms. The Morgan fingerprint density at radius 3 is 1.72 bits per heavy atom. The van der Waals surface area contributed by atoms with E-state index in [1.54, 1.807) is 0 Å². The van der Waals surface area contributed by atoms with Gasteiger partial charge in [0, 0.05) is 15.6 Å². The number of ether oxygens (including phenoxy) is 1. The second kappa shape index (κ2) is 13.5. The van der Waals surface area contributed by atoms with Crippen molar-refractivity contribution in [1.29, 1.82) is 0 Å². The van der Waals surface area contributed by atoms with E-state index in [-0.39, 0.29) is 5.97 Å². The van der Waals surface area contributed by atoms with Crippen molar-refractivity contribution in [3.63, 3.8) is 0 Å². The fourth-order valence-corrected chi connectivity index (χ4v) is 10.8. The van der Waals surface area contributed by atoms with Crippen LogP contribution in [0.2, 0.25) is 26.7 Å². The lowest BCUT2D eigenvalue weighted by atomic mass is 9.96. The van der Waals surface area contributed by atoms with Crippen molar-refractivity contribution in [1.82, 2.24) is 0 Å². The molecule has 0 amide bonds. The van der Waals surface area contributed by atoms with E-state index in [0.717, 1.165) is 16.7 Å². The van der Waals surface area contributed by atoms with Crippen LogP contribution in [0.15, 0.2) is 54.3 Å². The summed E-state index contributed by atoms with van der Waals surface area (Å²) in [4.78, 5) is 13.5. The van der Waals surface area contributed by atoms with Crippen LogP contribution in [-0.4, -0.2) is 14.0 Å². The third-order valence-corrected chi connectivity index (χ3v) is 14.0. The highest BCUT2D eigenvalue weighted by atomic mass is 35.5. The summed E-state index contributed by atoms with van der Waals surface area (Å²) in [6.07, 6.45) is 1.29. The molecule has 0 N–H and O–H groups in total. The highest BCUT2D eigenvalue weighted by Crippen LogP contribution is 2.41. The summed E-state index contributed by atoms with van der Waals surface area (Å²) in [5.74, 6) is 3.19. The minimum atomic E-state index is -2.04. The molecule has 0 bridgehead atoms. The number of benzene rings is 2. The van der Waals surface area contributed by atoms with Crippen LogP contribution in [0, 0.1) is 11.5 Å². The van der Waals surface area contributed by atoms with Crippen LogP contribution in [0.4, 0.5) is 0 Å². The number of halogens is 2. The Hall–Kier alpha value is -1.99. The molecule has 0 radical (unpaired) electrons. The Morgan fingerprint density at radius 2 is 1.31 bits per heavy atom. The molecule has 2 aromatic rings. The first-order valence-electron chi connectivity index (χ1n) is 13.0. The van der Waals surface area contributed by atoms with E-state index in [0.29, 0.717) is 45.3 Å². The molecule has 0 aliphatic carbocycles. The Bertz CT molecular complexity index is 1080. The number of hydrogen-bond donors (Lipinski definition) is 0. The van der Waals surface area contributed by atoms with E-state index in [1.165, 1.54) is 0 Å². The summed E-state index contributed by atoms with van der Waals surface area (Å²) in [6.45, 7) is 17.7. The van der Waals surface area contributed by atoms with Crippen molar-refractivity contribution in [2.75, 3.05) is 0 Å². The van der Waals surface area contributed by atoms with E-state index in [2.05, 4.69) is 59.9 Å². The van der Waals surface area contributed by atoms with Crippen LogP contribution in [0.25, 0.3) is 5.57 Å². The lowest BCUT2D eigenvalue weighted by molar-refractivity contribution is -0.140. The normalized spacial score (nSPS) is 13.4. The molecular formula is C31H40Cl2O2Si. The second-order valence-electron chi connectivity index (χ2n) is 10.2. The van der Waals surface area contributed by atoms with E-state index in [1.807, 2.05) is 55.5 Å². The maximum absolute atomic E-state index is 13.5. The topological polar surface area (TPSA) is 26.3 Å². The first-order chi connectivity index (χ1) is 17.0. The molecular weight excluding hydrogens is 503 g/mol. The molecule has 194 valence electrons. The molecule has 0 spiro atoms. The molecule has 0 aliphatic rings. The van der Waals surface area contributed by atoms with Gasteiger partial charge in [0.1, 0.15) is 8.07 Å². The fraction of sp³-hybridized carbons (Fsp3) is 0.452. The Balaban J connectivity index is 2.67. The predicted molar refractivity (Wildman–Crippen MR) is 158 cm³/mol. The monoisotopic (exact) mass is 542 g/mol. The second-order valence-corrected chi connectivity index (χ2v) is 16.7. The Labute approximate surface area is 229 Å². The van der Waals surface area contributed by atoms with Crippen molar-refractivity contribution in [2.24, 2.45) is 0 Å². The zero-order valence-electron chi connectivity index (χ0n) is 22.9. The van der Waals surface area contributed by atoms with Crippen LogP contribution >= 0.6 is 23.2 Å². The Morgan fingerprint density at radius 1 is 0.833 bits per heavy atom. The highest BCUT2D eigenvalue weighted by molar-refractivity contribution is 6.90. The summed E-state index contributed by atoms with van der Waals surface area (Å²) in [5.41, 5.74) is 7.93. The smallest absolute Gasteiger partial charge is 0.319 e. The number of hydrogen-bond acceptors (Lipinski definition) is 2. The maximum Gasteiger partial charge on any atom is 0.319 e. The standard InChI is InChI=1S/C31H40Cl2O2Si/c1-9-28(24-11-15-26(32)16-12-24)30(19-20-36(21(3)4,22(5)6)23(7)8)35-31(34)29(10-2)25-13-17-27(33)18-14-25/h11-18,21-23,29H,9-10H2,1-8H3/b30-28+. The number of rotatable bonds is 9. The van der Waals surface area contributed by atoms with Gasteiger partial charge in [0.05, 0.1) is 5.92 Å². The molecule has 1 unspecified atom stereocenters. The number of esters is 1. The quantitative estimate of drug-likeness (QED) is 0.136. The van der Waals surface area contributed by atoms with Gasteiger partial charge in [-0.25, -0.2) is 0 Å². The van der Waals surface area contributed by atoms with Gasteiger partial charge in [-0.2, -0.15) is 0 Å². The summed E-state index contributed by atoms with van der Waals surface area (Å²) in [7, 11) is -2.04. The summed E-state index contributed by atoms with van der Waals surface area (Å²) in [5, 5.41) is 1.31. The molecule has 0 heterocycles. The van der Waals surface area contributed by atoms with Gasteiger partial charge in [-0.3, -0.25) is 4.79 Å². The van der Waals surface area contributed by atoms with Crippen LogP contribution in [-0.2, 0) is 9.53 Å². The lowest BCUT2D eigenvalue weighted by Gasteiger charge is -2.38. The molecule has 0 saturated heterocycles. The third-order valence-electron chi connectivity index (χ3n) is 7.25. The zero-order chi connectivity index (χ0) is 27.0. The van der Waals surface area contributed by atoms with Gasteiger partial charge < -0.3 is 4.74 Å². The average Bonchev–Trinajstić information content (AvgIpc) is 2.82. The summed E-state index contributed by atoms with van der Waals surface area (Å²) < 4.78 is 6.18. The molecule has 2 aromatic carbocycles. The van der Waals surface area contributed by atoms with Gasteiger partial charge in [-0.15, -0.1) is 5.54 Å². The number of carbonyl (C=O) groups excluding carboxylic acids is 1. The van der Waals surface area contributed by atoms with Crippen LogP contribution in [0.1, 0.15) is 85.3 Å². The van der Waals surface area contributed by atoms with Crippen molar-refractivity contribution in [3.8, 4) is 11.5 Å². The molecule has 0 aliphatic heterocycles. The number of carbonyl (C=O) groups is 1. The van der Waals surface area contributed by atoms with Gasteiger partial charge in [-0.05, 0) is 70.8 Å². The third kappa shape index (κ3) is 7.06. The van der Waals surface area contributed by atoms with Gasteiger partial charge >= 0.3 is 5.97 Å². The molecule has 1 atom stereocenters. The average molecular weight is 544 g/mol. The van der Waals surface area contributed by atoms with Gasteiger partial charge in [0.25, 0.3) is 0 Å². The van der Waals surface area contributed by atoms with Crippen LogP contribution in [0.3, 0.4) is 0 Å². The van der Waals surface area contributed by atoms with Gasteiger partial charge in [0.2, 0.25) is 0 Å². The summed E-state index contributed by atoms with van der Waals surface area (Å²) in [6, 6.07) is 15.0. The zero-order valence-corrected chi connectivity index (χ0v) is 25.4. The molecule has 0 aromatic heterocycles. The number of allylic oxidation sites excluding steroid dienone is 2. The minimum Gasteiger partial charge on any atom is -0.416 e. The molecule has 0 saturated carbocycles. The van der Waals surface area contributed by atoms with Crippen molar-refractivity contribution in [2.45, 2.75) is 90.8 Å². The first kappa shape index (κ1) is 30.2. The van der Waals surface area contributed by atoms with E-state index in [4.69, 9.17) is 27.9 Å². The lowest BCUT2D eigenvalue weighted by Crippen LogP contribution is -2.43. The molecule has 5 heteroatoms. The van der Waals surface area contributed by atoms with Crippen molar-refractivity contribution < 1.29 is 9.53 Å². The summed E-state index contributed by atoms with van der Waals surface area (Å²) >= 11 is 12.2. The maximum atomic E-state index is 13.5. The van der Waals surface area contributed by atoms with E-state index < -0.39 is 14.0 Å². The van der Waals surface area contributed by atoms with Crippen LogP contribution < -0.4 is 0 Å². The molecule has 2 nitrogen and oxygen atoms in total. The molecule has 2 rings (SSSR count). The Kier molecular flexibility index (Phi) is 11.4. The fourth-order valence-electron chi connectivity index (χ4n) is 5.31. The predicted octanol–water partition coefficient (Wildman–Crippen LogP) is 10.1. The van der Waals surface area contributed by atoms with Crippen LogP contribution in [0.5, 0.6) is 0 Å². The van der Waals surface area contributed by atoms with Gasteiger partial charge in [0.15, 0.2) is 5.76 Å². The highest BCUT2D eigenvalue weighted by Gasteiger charge is 2.42. The van der Waals surface area contributed by atoms with Crippen molar-refractivity contribution in [3.05, 3.63) is 75.5 Å². The van der Waals surface area contributed by atoms with E-state index in [9.17, 15) is 4.79 Å². The van der Waals surface area contributed by atoms with Gasteiger partial charge in [-0.1, -0.05) is 103 Å². The SMILES string of the molecule is CC/C(=C(/C#C[Si](C(C)C)(C(C)C)C(C)C)OC(=O)C(CC)c1ccc(Cl)cc1)c1ccc(Cl)cc1. The molecule has 0 fully saturated rings. The van der Waals surface area contributed by atoms with Crippen molar-refractivity contribution >= 4 is 42.8 Å².